The summed E-state index contributed by atoms with van der Waals surface area (Å²) in [6.07, 6.45) is 0.209. The fraction of sp³-hybridized carbons (Fsp3) is 0.393. The third-order valence-corrected chi connectivity index (χ3v) is 6.08. The predicted octanol–water partition coefficient (Wildman–Crippen LogP) is 6.05. The van der Waals surface area contributed by atoms with Crippen molar-refractivity contribution >= 4 is 11.9 Å². The van der Waals surface area contributed by atoms with E-state index < -0.39 is 17.9 Å². The minimum Gasteiger partial charge on any atom is -0.478 e. The summed E-state index contributed by atoms with van der Waals surface area (Å²) in [6.45, 7) is 9.73. The van der Waals surface area contributed by atoms with Gasteiger partial charge in [-0.25, -0.2) is 14.8 Å². The molecule has 3 aromatic rings. The Morgan fingerprint density at radius 1 is 0.974 bits per heavy atom. The van der Waals surface area contributed by atoms with Crippen LogP contribution in [0.2, 0.25) is 0 Å². The summed E-state index contributed by atoms with van der Waals surface area (Å²) in [5, 5.41) is 9.39. The number of hydrogen-bond acceptors (Lipinski definition) is 6. The van der Waals surface area contributed by atoms with Gasteiger partial charge in [0.15, 0.2) is 5.60 Å². The molecule has 1 aromatic heterocycles. The second-order valence-electron chi connectivity index (χ2n) is 9.57. The van der Waals surface area contributed by atoms with Crippen LogP contribution in [0.5, 0.6) is 11.5 Å². The van der Waals surface area contributed by atoms with E-state index in [2.05, 4.69) is 14.7 Å². The molecule has 10 heteroatoms. The Labute approximate surface area is 220 Å². The number of halogens is 3. The molecule has 0 saturated heterocycles. The van der Waals surface area contributed by atoms with Crippen LogP contribution >= 0.6 is 0 Å². The Balaban J connectivity index is 1.81. The zero-order chi connectivity index (χ0) is 28.1. The second kappa shape index (κ2) is 11.7. The van der Waals surface area contributed by atoms with Gasteiger partial charge in [-0.2, -0.15) is 0 Å². The van der Waals surface area contributed by atoms with Gasteiger partial charge in [0.25, 0.3) is 0 Å². The molecule has 0 spiro atoms. The number of aromatic nitrogens is 2. The van der Waals surface area contributed by atoms with E-state index in [-0.39, 0.29) is 5.75 Å². The molecule has 0 amide bonds. The molecule has 0 saturated carbocycles. The Kier molecular flexibility index (Phi) is 8.85. The van der Waals surface area contributed by atoms with Gasteiger partial charge in [0.2, 0.25) is 5.95 Å². The van der Waals surface area contributed by atoms with Crippen LogP contribution in [0.3, 0.4) is 0 Å². The van der Waals surface area contributed by atoms with E-state index in [0.717, 1.165) is 34.2 Å². The Morgan fingerprint density at radius 3 is 2.16 bits per heavy atom. The van der Waals surface area contributed by atoms with Crippen LogP contribution in [0.4, 0.5) is 19.1 Å². The molecule has 0 unspecified atom stereocenters. The highest BCUT2D eigenvalue weighted by molar-refractivity contribution is 5.76. The molecule has 0 aliphatic rings. The van der Waals surface area contributed by atoms with Crippen LogP contribution in [0.1, 0.15) is 48.6 Å². The maximum Gasteiger partial charge on any atom is 0.573 e. The number of aryl methyl sites for hydroxylation is 3. The zero-order valence-corrected chi connectivity index (χ0v) is 22.1. The number of rotatable bonds is 11. The minimum absolute atomic E-state index is 0.282. The molecule has 7 nitrogen and oxygen atoms in total. The van der Waals surface area contributed by atoms with Crippen molar-refractivity contribution in [3.05, 3.63) is 76.6 Å². The number of benzene rings is 2. The number of carbonyl (C=O) groups is 1. The smallest absolute Gasteiger partial charge is 0.478 e. The van der Waals surface area contributed by atoms with Crippen molar-refractivity contribution in [1.29, 1.82) is 0 Å². The van der Waals surface area contributed by atoms with E-state index in [9.17, 15) is 23.1 Å². The maximum atomic E-state index is 12.5. The fourth-order valence-electron chi connectivity index (χ4n) is 3.76. The highest BCUT2D eigenvalue weighted by atomic mass is 19.4. The summed E-state index contributed by atoms with van der Waals surface area (Å²) in [7, 11) is 0. The molecule has 0 aliphatic carbocycles. The number of carboxylic acid groups (broad SMARTS) is 1. The third-order valence-electron chi connectivity index (χ3n) is 6.08. The van der Waals surface area contributed by atoms with E-state index >= 15 is 0 Å². The average molecular weight is 532 g/mol. The van der Waals surface area contributed by atoms with E-state index in [4.69, 9.17) is 4.74 Å². The first kappa shape index (κ1) is 28.7. The predicted molar refractivity (Wildman–Crippen MR) is 138 cm³/mol. The normalized spacial score (nSPS) is 11.8. The number of carboxylic acids is 1. The number of ether oxygens (including phenoxy) is 2. The van der Waals surface area contributed by atoms with Gasteiger partial charge in [-0.1, -0.05) is 25.1 Å². The van der Waals surface area contributed by atoms with Crippen LogP contribution in [-0.4, -0.2) is 39.6 Å². The van der Waals surface area contributed by atoms with Crippen LogP contribution in [0.15, 0.2) is 48.8 Å². The summed E-state index contributed by atoms with van der Waals surface area (Å²) in [6, 6.07) is 9.55. The lowest BCUT2D eigenvalue weighted by Crippen LogP contribution is -2.38. The van der Waals surface area contributed by atoms with Gasteiger partial charge in [-0.15, -0.1) is 13.2 Å². The first-order valence-electron chi connectivity index (χ1n) is 12.2. The van der Waals surface area contributed by atoms with E-state index in [0.29, 0.717) is 31.2 Å². The number of nitrogens with zero attached hydrogens (tertiary/aromatic N) is 3. The van der Waals surface area contributed by atoms with Crippen molar-refractivity contribution in [2.45, 2.75) is 66.0 Å². The van der Waals surface area contributed by atoms with Crippen LogP contribution in [-0.2, 0) is 24.2 Å². The van der Waals surface area contributed by atoms with Gasteiger partial charge in [-0.3, -0.25) is 0 Å². The van der Waals surface area contributed by atoms with E-state index in [1.54, 1.807) is 24.5 Å². The molecule has 0 bridgehead atoms. The van der Waals surface area contributed by atoms with Crippen molar-refractivity contribution in [2.24, 2.45) is 0 Å². The zero-order valence-electron chi connectivity index (χ0n) is 22.1. The number of alkyl halides is 3. The lowest BCUT2D eigenvalue weighted by atomic mass is 10.0. The molecule has 2 aromatic carbocycles. The fourth-order valence-corrected chi connectivity index (χ4v) is 3.76. The lowest BCUT2D eigenvalue weighted by molar-refractivity contribution is -0.274. The van der Waals surface area contributed by atoms with Gasteiger partial charge in [0.1, 0.15) is 11.5 Å². The monoisotopic (exact) mass is 531 g/mol. The standard InChI is InChI=1S/C28H32F3N3O4/c1-6-20-15-32-26(33-16-20)34(17-21-7-9-23(10-8-21)37-28(29,30)31)12-11-22-13-19(3)24(14-18(22)2)38-27(4,5)25(35)36/h7-10,13-16H,6,11-12,17H2,1-5H3,(H,35,36). The Hall–Kier alpha value is -3.82. The van der Waals surface area contributed by atoms with Gasteiger partial charge in [-0.05, 0) is 86.6 Å². The molecular formula is C28H32F3N3O4. The SMILES string of the molecule is CCc1cnc(N(CCc2cc(C)c(OC(C)(C)C(=O)O)cc2C)Cc2ccc(OC(F)(F)F)cc2)nc1. The molecule has 0 fully saturated rings. The van der Waals surface area contributed by atoms with Crippen LogP contribution in [0, 0.1) is 13.8 Å². The third kappa shape index (κ3) is 7.84. The first-order valence-corrected chi connectivity index (χ1v) is 12.2. The van der Waals surface area contributed by atoms with Crippen molar-refractivity contribution in [3.8, 4) is 11.5 Å². The molecule has 204 valence electrons. The quantitative estimate of drug-likeness (QED) is 0.323. The van der Waals surface area contributed by atoms with Gasteiger partial charge >= 0.3 is 12.3 Å². The minimum atomic E-state index is -4.75. The molecule has 0 radical (unpaired) electrons. The summed E-state index contributed by atoms with van der Waals surface area (Å²) in [5.74, 6) is -0.317. The van der Waals surface area contributed by atoms with Crippen LogP contribution in [0.25, 0.3) is 0 Å². The molecule has 1 heterocycles. The van der Waals surface area contributed by atoms with Crippen molar-refractivity contribution in [3.63, 3.8) is 0 Å². The van der Waals surface area contributed by atoms with Crippen molar-refractivity contribution in [2.75, 3.05) is 11.4 Å². The highest BCUT2D eigenvalue weighted by Gasteiger charge is 2.31. The molecule has 1 N–H and O–H groups in total. The lowest BCUT2D eigenvalue weighted by Gasteiger charge is -2.25. The van der Waals surface area contributed by atoms with E-state index in [1.807, 2.05) is 37.8 Å². The molecule has 3 rings (SSSR count). The largest absolute Gasteiger partial charge is 0.573 e. The first-order chi connectivity index (χ1) is 17.8. The van der Waals surface area contributed by atoms with Gasteiger partial charge < -0.3 is 19.5 Å². The molecule has 0 atom stereocenters. The molecule has 0 aliphatic heterocycles. The molecular weight excluding hydrogens is 499 g/mol. The summed E-state index contributed by atoms with van der Waals surface area (Å²) < 4.78 is 47.3. The van der Waals surface area contributed by atoms with Crippen molar-refractivity contribution in [1.82, 2.24) is 9.97 Å². The Bertz CT molecular complexity index is 1240. The van der Waals surface area contributed by atoms with Gasteiger partial charge in [0.05, 0.1) is 0 Å². The molecule has 38 heavy (non-hydrogen) atoms. The highest BCUT2D eigenvalue weighted by Crippen LogP contribution is 2.28. The van der Waals surface area contributed by atoms with E-state index in [1.165, 1.54) is 26.0 Å². The topological polar surface area (TPSA) is 84.8 Å². The second-order valence-corrected chi connectivity index (χ2v) is 9.57. The van der Waals surface area contributed by atoms with Crippen LogP contribution < -0.4 is 14.4 Å². The average Bonchev–Trinajstić information content (AvgIpc) is 2.84. The van der Waals surface area contributed by atoms with Gasteiger partial charge in [0, 0.05) is 25.5 Å². The van der Waals surface area contributed by atoms with Crippen molar-refractivity contribution < 1.29 is 32.5 Å². The number of aliphatic carboxylic acids is 1. The summed E-state index contributed by atoms with van der Waals surface area (Å²) >= 11 is 0. The summed E-state index contributed by atoms with van der Waals surface area (Å²) in [4.78, 5) is 22.4. The number of anilines is 1. The number of hydrogen-bond donors (Lipinski definition) is 1. The Morgan fingerprint density at radius 2 is 1.61 bits per heavy atom. The maximum absolute atomic E-state index is 12.5. The summed E-state index contributed by atoms with van der Waals surface area (Å²) in [5.41, 5.74) is 3.21.